The summed E-state index contributed by atoms with van der Waals surface area (Å²) in [5.74, 6) is 0.847. The van der Waals surface area contributed by atoms with Crippen molar-refractivity contribution in [1.82, 2.24) is 25.3 Å². The quantitative estimate of drug-likeness (QED) is 0.508. The lowest BCUT2D eigenvalue weighted by molar-refractivity contribution is -0.147. The molecule has 2 aliphatic heterocycles. The maximum absolute atomic E-state index is 14.2. The Morgan fingerprint density at radius 3 is 2.60 bits per heavy atom. The van der Waals surface area contributed by atoms with E-state index in [2.05, 4.69) is 15.5 Å². The van der Waals surface area contributed by atoms with E-state index >= 15 is 0 Å². The molecule has 0 bridgehead atoms. The van der Waals surface area contributed by atoms with Crippen LogP contribution in [0.5, 0.6) is 5.75 Å². The number of carbonyl (C=O) groups is 3. The first-order valence-electron chi connectivity index (χ1n) is 14.3. The normalized spacial score (nSPS) is 22.9. The van der Waals surface area contributed by atoms with Gasteiger partial charge in [0.2, 0.25) is 29.4 Å². The predicted octanol–water partition coefficient (Wildman–Crippen LogP) is 4.03. The Morgan fingerprint density at radius 1 is 1.15 bits per heavy atom. The Kier molecular flexibility index (Phi) is 8.63. The molecule has 0 spiro atoms. The summed E-state index contributed by atoms with van der Waals surface area (Å²) >= 11 is 6.71. The van der Waals surface area contributed by atoms with Gasteiger partial charge >= 0.3 is 0 Å². The molecule has 1 saturated heterocycles. The molecule has 1 N–H and O–H groups in total. The van der Waals surface area contributed by atoms with E-state index < -0.39 is 12.0 Å². The number of hydrogen-bond donors (Lipinski definition) is 1. The van der Waals surface area contributed by atoms with Crippen molar-refractivity contribution in [2.75, 3.05) is 26.7 Å². The monoisotopic (exact) mass is 571 g/mol. The molecule has 3 atom stereocenters. The number of fused-ring (bicyclic) bond motifs is 1. The van der Waals surface area contributed by atoms with Gasteiger partial charge in [-0.1, -0.05) is 43.4 Å². The fourth-order valence-corrected chi connectivity index (χ4v) is 6.57. The third-order valence-electron chi connectivity index (χ3n) is 8.42. The second-order valence-corrected chi connectivity index (χ2v) is 11.7. The standard InChI is InChI=1S/C29H38ClN5O5/c1-17(2)28-32-24(33-40-28)16-39-23-11-10-21(30)20-12-14-35(22(26(20)23)15-34-13-6-9-25(34)36)29(38)19-8-5-4-7-18(19)27(37)31-3/h10-11,17-19,22H,4-9,12-16H2,1-3H3,(H,31,37)/t18-,19+,22+/m0/s1. The van der Waals surface area contributed by atoms with Crippen LogP contribution in [0, 0.1) is 11.8 Å². The van der Waals surface area contributed by atoms with Gasteiger partial charge < -0.3 is 24.4 Å². The number of amides is 3. The van der Waals surface area contributed by atoms with Gasteiger partial charge in [0.15, 0.2) is 6.61 Å². The SMILES string of the molecule is CNC(=O)[C@H]1CCCC[C@H]1C(=O)N1CCc2c(Cl)ccc(OCc3noc(C(C)C)n3)c2[C@H]1CN1CCCC1=O. The van der Waals surface area contributed by atoms with Crippen molar-refractivity contribution in [2.45, 2.75) is 77.4 Å². The lowest BCUT2D eigenvalue weighted by Crippen LogP contribution is -2.50. The lowest BCUT2D eigenvalue weighted by atomic mass is 9.77. The van der Waals surface area contributed by atoms with E-state index in [1.54, 1.807) is 7.05 Å². The molecule has 10 nitrogen and oxygen atoms in total. The summed E-state index contributed by atoms with van der Waals surface area (Å²) in [6, 6.07) is 3.17. The molecular formula is C29H38ClN5O5. The highest BCUT2D eigenvalue weighted by molar-refractivity contribution is 6.31. The van der Waals surface area contributed by atoms with Gasteiger partial charge in [-0.05, 0) is 43.4 Å². The van der Waals surface area contributed by atoms with Crippen LogP contribution in [0.25, 0.3) is 0 Å². The number of rotatable bonds is 8. The molecule has 1 aromatic heterocycles. The summed E-state index contributed by atoms with van der Waals surface area (Å²) in [7, 11) is 1.62. The third kappa shape index (κ3) is 5.68. The van der Waals surface area contributed by atoms with Crippen LogP contribution in [0.4, 0.5) is 0 Å². The largest absolute Gasteiger partial charge is 0.485 e. The topological polar surface area (TPSA) is 118 Å². The number of aromatic nitrogens is 2. The second kappa shape index (κ2) is 12.2. The number of benzene rings is 1. The molecular weight excluding hydrogens is 534 g/mol. The van der Waals surface area contributed by atoms with Gasteiger partial charge in [0, 0.05) is 61.4 Å². The van der Waals surface area contributed by atoms with Gasteiger partial charge in [0.25, 0.3) is 0 Å². The van der Waals surface area contributed by atoms with E-state index in [9.17, 15) is 14.4 Å². The summed E-state index contributed by atoms with van der Waals surface area (Å²) < 4.78 is 11.6. The van der Waals surface area contributed by atoms with Crippen LogP contribution in [0.15, 0.2) is 16.7 Å². The summed E-state index contributed by atoms with van der Waals surface area (Å²) in [6.45, 7) is 5.51. The first-order valence-corrected chi connectivity index (χ1v) is 14.7. The van der Waals surface area contributed by atoms with E-state index in [1.165, 1.54) is 0 Å². The summed E-state index contributed by atoms with van der Waals surface area (Å²) in [5, 5.41) is 7.40. The number of carbonyl (C=O) groups excluding carboxylic acids is 3. The smallest absolute Gasteiger partial charge is 0.229 e. The van der Waals surface area contributed by atoms with Crippen molar-refractivity contribution in [3.63, 3.8) is 0 Å². The van der Waals surface area contributed by atoms with Crippen molar-refractivity contribution in [3.8, 4) is 5.75 Å². The molecule has 3 heterocycles. The van der Waals surface area contributed by atoms with Crippen LogP contribution < -0.4 is 10.1 Å². The molecule has 1 aromatic carbocycles. The van der Waals surface area contributed by atoms with Crippen LogP contribution in [0.1, 0.15) is 87.2 Å². The third-order valence-corrected chi connectivity index (χ3v) is 8.77. The maximum Gasteiger partial charge on any atom is 0.229 e. The molecule has 5 rings (SSSR count). The van der Waals surface area contributed by atoms with E-state index in [4.69, 9.17) is 20.9 Å². The van der Waals surface area contributed by atoms with Gasteiger partial charge in [-0.25, -0.2) is 0 Å². The zero-order valence-electron chi connectivity index (χ0n) is 23.5. The minimum absolute atomic E-state index is 0.0405. The summed E-state index contributed by atoms with van der Waals surface area (Å²) in [6.07, 6.45) is 5.06. The van der Waals surface area contributed by atoms with Crippen molar-refractivity contribution in [3.05, 3.63) is 40.0 Å². The first kappa shape index (κ1) is 28.4. The number of nitrogens with zero attached hydrogens (tertiary/aromatic N) is 4. The number of likely N-dealkylation sites (tertiary alicyclic amines) is 1. The fraction of sp³-hybridized carbons (Fsp3) is 0.621. The van der Waals surface area contributed by atoms with Crippen molar-refractivity contribution in [2.24, 2.45) is 11.8 Å². The van der Waals surface area contributed by atoms with Gasteiger partial charge in [-0.2, -0.15) is 4.98 Å². The fourth-order valence-electron chi connectivity index (χ4n) is 6.31. The van der Waals surface area contributed by atoms with Gasteiger partial charge in [-0.15, -0.1) is 0 Å². The summed E-state index contributed by atoms with van der Waals surface area (Å²) in [5.41, 5.74) is 1.73. The molecule has 2 fully saturated rings. The summed E-state index contributed by atoms with van der Waals surface area (Å²) in [4.78, 5) is 47.8. The van der Waals surface area contributed by atoms with Crippen LogP contribution in [-0.2, 0) is 27.4 Å². The van der Waals surface area contributed by atoms with Gasteiger partial charge in [-0.3, -0.25) is 14.4 Å². The first-order chi connectivity index (χ1) is 19.3. The molecule has 1 saturated carbocycles. The molecule has 11 heteroatoms. The molecule has 3 amide bonds. The molecule has 0 unspecified atom stereocenters. The van der Waals surface area contributed by atoms with Crippen LogP contribution in [0.3, 0.4) is 0 Å². The predicted molar refractivity (Wildman–Crippen MR) is 148 cm³/mol. The van der Waals surface area contributed by atoms with Crippen molar-refractivity contribution >= 4 is 29.3 Å². The number of hydrogen-bond acceptors (Lipinski definition) is 7. The number of halogens is 1. The van der Waals surface area contributed by atoms with E-state index in [0.29, 0.717) is 67.8 Å². The average molecular weight is 572 g/mol. The van der Waals surface area contributed by atoms with Crippen molar-refractivity contribution in [1.29, 1.82) is 0 Å². The van der Waals surface area contributed by atoms with E-state index in [-0.39, 0.29) is 36.2 Å². The molecule has 216 valence electrons. The lowest BCUT2D eigenvalue weighted by Gasteiger charge is -2.43. The highest BCUT2D eigenvalue weighted by atomic mass is 35.5. The van der Waals surface area contributed by atoms with Crippen LogP contribution in [0.2, 0.25) is 5.02 Å². The minimum atomic E-state index is -0.448. The Bertz CT molecular complexity index is 1260. The number of nitrogens with one attached hydrogen (secondary N) is 1. The van der Waals surface area contributed by atoms with Gasteiger partial charge in [0.05, 0.1) is 6.04 Å². The average Bonchev–Trinajstić information content (AvgIpc) is 3.61. The zero-order valence-corrected chi connectivity index (χ0v) is 24.2. The van der Waals surface area contributed by atoms with Gasteiger partial charge in [0.1, 0.15) is 5.75 Å². The Hall–Kier alpha value is -3.14. The molecule has 3 aliphatic rings. The van der Waals surface area contributed by atoms with Crippen molar-refractivity contribution < 1.29 is 23.6 Å². The Morgan fingerprint density at radius 2 is 1.93 bits per heavy atom. The van der Waals surface area contributed by atoms with E-state index in [0.717, 1.165) is 30.4 Å². The molecule has 1 aliphatic carbocycles. The highest BCUT2D eigenvalue weighted by Gasteiger charge is 2.43. The zero-order chi connectivity index (χ0) is 28.4. The highest BCUT2D eigenvalue weighted by Crippen LogP contribution is 2.43. The Labute approximate surface area is 239 Å². The molecule has 2 aromatic rings. The molecule has 40 heavy (non-hydrogen) atoms. The second-order valence-electron chi connectivity index (χ2n) is 11.3. The van der Waals surface area contributed by atoms with Crippen LogP contribution in [-0.4, -0.2) is 64.3 Å². The van der Waals surface area contributed by atoms with Crippen LogP contribution >= 0.6 is 11.6 Å². The Balaban J connectivity index is 1.49. The molecule has 0 radical (unpaired) electrons. The minimum Gasteiger partial charge on any atom is -0.485 e. The van der Waals surface area contributed by atoms with E-state index in [1.807, 2.05) is 35.8 Å². The maximum atomic E-state index is 14.2. The number of ether oxygens (including phenoxy) is 1.